The molecule has 2 aromatic rings. The van der Waals surface area contributed by atoms with Gasteiger partial charge in [0.05, 0.1) is 17.8 Å². The van der Waals surface area contributed by atoms with Crippen LogP contribution in [0.2, 0.25) is 0 Å². The number of rotatable bonds is 3. The first-order valence-corrected chi connectivity index (χ1v) is 7.58. The summed E-state index contributed by atoms with van der Waals surface area (Å²) in [5.41, 5.74) is -0.0276. The van der Waals surface area contributed by atoms with Crippen LogP contribution in [0.5, 0.6) is 0 Å². The molecule has 3 rings (SSSR count). The minimum absolute atomic E-state index is 0.0444. The van der Waals surface area contributed by atoms with Crippen molar-refractivity contribution in [1.29, 1.82) is 0 Å². The zero-order valence-corrected chi connectivity index (χ0v) is 12.5. The molecule has 1 aliphatic rings. The van der Waals surface area contributed by atoms with Crippen LogP contribution >= 0.6 is 11.3 Å². The lowest BCUT2D eigenvalue weighted by Gasteiger charge is -2.11. The molecule has 0 aliphatic carbocycles. The molecule has 0 N–H and O–H groups in total. The van der Waals surface area contributed by atoms with E-state index in [9.17, 15) is 18.4 Å². The second-order valence-electron chi connectivity index (χ2n) is 5.15. The summed E-state index contributed by atoms with van der Waals surface area (Å²) in [6.45, 7) is 1.74. The van der Waals surface area contributed by atoms with Gasteiger partial charge in [0.15, 0.2) is 0 Å². The molecule has 1 aromatic carbocycles. The Labute approximate surface area is 129 Å². The van der Waals surface area contributed by atoms with E-state index in [-0.39, 0.29) is 42.0 Å². The molecule has 22 heavy (non-hydrogen) atoms. The van der Waals surface area contributed by atoms with Gasteiger partial charge in [0, 0.05) is 17.7 Å². The molecule has 114 valence electrons. The third kappa shape index (κ3) is 2.52. The number of aromatic nitrogens is 1. The first kappa shape index (κ1) is 14.8. The Morgan fingerprint density at radius 3 is 2.59 bits per heavy atom. The fraction of sp³-hybridized carbons (Fsp3) is 0.267. The molecule has 1 aromatic heterocycles. The van der Waals surface area contributed by atoms with Gasteiger partial charge in [-0.1, -0.05) is 13.0 Å². The topological polar surface area (TPSA) is 50.3 Å². The van der Waals surface area contributed by atoms with Gasteiger partial charge in [0.2, 0.25) is 11.8 Å². The van der Waals surface area contributed by atoms with Crippen LogP contribution in [0.4, 0.5) is 8.78 Å². The van der Waals surface area contributed by atoms with Gasteiger partial charge in [-0.3, -0.25) is 14.5 Å². The van der Waals surface area contributed by atoms with Crippen molar-refractivity contribution in [3.05, 3.63) is 40.2 Å². The van der Waals surface area contributed by atoms with Crippen LogP contribution in [0.15, 0.2) is 23.6 Å². The molecule has 0 radical (unpaired) electrons. The van der Waals surface area contributed by atoms with Crippen LogP contribution in [0.3, 0.4) is 0 Å². The average Bonchev–Trinajstić information content (AvgIpc) is 3.00. The summed E-state index contributed by atoms with van der Waals surface area (Å²) in [6, 6.07) is 3.60. The van der Waals surface area contributed by atoms with Crippen molar-refractivity contribution < 1.29 is 18.4 Å². The number of carbonyl (C=O) groups excluding carboxylic acids is 2. The highest BCUT2D eigenvalue weighted by molar-refractivity contribution is 7.09. The fourth-order valence-electron chi connectivity index (χ4n) is 2.39. The van der Waals surface area contributed by atoms with Crippen LogP contribution in [0, 0.1) is 17.6 Å². The van der Waals surface area contributed by atoms with Crippen molar-refractivity contribution in [1.82, 2.24) is 9.88 Å². The third-order valence-corrected chi connectivity index (χ3v) is 4.37. The van der Waals surface area contributed by atoms with Crippen LogP contribution in [-0.4, -0.2) is 21.7 Å². The Morgan fingerprint density at radius 1 is 1.32 bits per heavy atom. The summed E-state index contributed by atoms with van der Waals surface area (Å²) in [5, 5.41) is 1.99. The molecular weight excluding hydrogens is 310 g/mol. The van der Waals surface area contributed by atoms with Crippen molar-refractivity contribution in [2.75, 3.05) is 0 Å². The molecule has 2 heterocycles. The maximum Gasteiger partial charge on any atom is 0.232 e. The van der Waals surface area contributed by atoms with Gasteiger partial charge in [-0.2, -0.15) is 0 Å². The van der Waals surface area contributed by atoms with Gasteiger partial charge in [-0.05, 0) is 12.1 Å². The molecule has 7 heteroatoms. The number of benzene rings is 1. The maximum atomic E-state index is 13.7. The maximum absolute atomic E-state index is 13.7. The largest absolute Gasteiger partial charge is 0.275 e. The van der Waals surface area contributed by atoms with Crippen LogP contribution < -0.4 is 0 Å². The molecule has 1 atom stereocenters. The number of imide groups is 1. The Morgan fingerprint density at radius 2 is 2.00 bits per heavy atom. The highest BCUT2D eigenvalue weighted by atomic mass is 32.1. The number of hydrogen-bond acceptors (Lipinski definition) is 4. The van der Waals surface area contributed by atoms with Gasteiger partial charge < -0.3 is 0 Å². The van der Waals surface area contributed by atoms with Gasteiger partial charge in [0.25, 0.3) is 0 Å². The molecule has 0 saturated carbocycles. The summed E-state index contributed by atoms with van der Waals surface area (Å²) >= 11 is 1.16. The SMILES string of the molecule is CC1CC(=O)N(Cc2nc(-c3c(F)cccc3F)cs2)C1=O. The Kier molecular flexibility index (Phi) is 3.74. The minimum atomic E-state index is -0.696. The van der Waals surface area contributed by atoms with E-state index in [0.29, 0.717) is 5.01 Å². The van der Waals surface area contributed by atoms with E-state index in [2.05, 4.69) is 4.98 Å². The molecule has 1 fully saturated rings. The minimum Gasteiger partial charge on any atom is -0.275 e. The summed E-state index contributed by atoms with van der Waals surface area (Å²) < 4.78 is 27.5. The Hall–Kier alpha value is -2.15. The second-order valence-corrected chi connectivity index (χ2v) is 6.09. The van der Waals surface area contributed by atoms with E-state index in [1.165, 1.54) is 11.4 Å². The van der Waals surface area contributed by atoms with E-state index in [1.54, 1.807) is 6.92 Å². The van der Waals surface area contributed by atoms with Crippen molar-refractivity contribution in [2.45, 2.75) is 19.9 Å². The van der Waals surface area contributed by atoms with E-state index >= 15 is 0 Å². The Balaban J connectivity index is 1.86. The van der Waals surface area contributed by atoms with Crippen molar-refractivity contribution in [2.24, 2.45) is 5.92 Å². The van der Waals surface area contributed by atoms with Crippen LogP contribution in [-0.2, 0) is 16.1 Å². The van der Waals surface area contributed by atoms with E-state index < -0.39 is 11.6 Å². The molecule has 0 bridgehead atoms. The summed E-state index contributed by atoms with van der Waals surface area (Å²) in [7, 11) is 0. The highest BCUT2D eigenvalue weighted by Crippen LogP contribution is 2.29. The van der Waals surface area contributed by atoms with Gasteiger partial charge >= 0.3 is 0 Å². The van der Waals surface area contributed by atoms with Crippen LogP contribution in [0.1, 0.15) is 18.4 Å². The number of likely N-dealkylation sites (tertiary alicyclic amines) is 1. The first-order chi connectivity index (χ1) is 10.5. The number of carbonyl (C=O) groups is 2. The van der Waals surface area contributed by atoms with Gasteiger partial charge in [-0.15, -0.1) is 11.3 Å². The van der Waals surface area contributed by atoms with Gasteiger partial charge in [-0.25, -0.2) is 13.8 Å². The predicted octanol–water partition coefficient (Wildman–Crippen LogP) is 2.98. The Bertz CT molecular complexity index is 740. The molecule has 1 saturated heterocycles. The van der Waals surface area contributed by atoms with Crippen molar-refractivity contribution in [3.8, 4) is 11.3 Å². The van der Waals surface area contributed by atoms with Gasteiger partial charge in [0.1, 0.15) is 16.6 Å². The summed E-state index contributed by atoms with van der Waals surface area (Å²) in [5.74, 6) is -2.20. The fourth-order valence-corrected chi connectivity index (χ4v) is 3.16. The standard InChI is InChI=1S/C15H12F2N2O2S/c1-8-5-13(20)19(15(8)21)6-12-18-11(7-22-12)14-9(16)3-2-4-10(14)17/h2-4,7-8H,5-6H2,1H3. The summed E-state index contributed by atoms with van der Waals surface area (Å²) in [6.07, 6.45) is 0.193. The predicted molar refractivity (Wildman–Crippen MR) is 76.8 cm³/mol. The lowest BCUT2D eigenvalue weighted by molar-refractivity contribution is -0.139. The first-order valence-electron chi connectivity index (χ1n) is 6.70. The average molecular weight is 322 g/mol. The number of amides is 2. The molecule has 0 spiro atoms. The zero-order chi connectivity index (χ0) is 15.9. The lowest BCUT2D eigenvalue weighted by atomic mass is 10.1. The zero-order valence-electron chi connectivity index (χ0n) is 11.7. The quantitative estimate of drug-likeness (QED) is 0.816. The van der Waals surface area contributed by atoms with E-state index in [1.807, 2.05) is 0 Å². The third-order valence-electron chi connectivity index (χ3n) is 3.53. The van der Waals surface area contributed by atoms with Crippen molar-refractivity contribution in [3.63, 3.8) is 0 Å². The summed E-state index contributed by atoms with van der Waals surface area (Å²) in [4.78, 5) is 28.9. The smallest absolute Gasteiger partial charge is 0.232 e. The molecule has 1 unspecified atom stereocenters. The molecule has 2 amide bonds. The molecule has 4 nitrogen and oxygen atoms in total. The molecule has 1 aliphatic heterocycles. The number of nitrogens with zero attached hydrogens (tertiary/aromatic N) is 2. The second kappa shape index (κ2) is 5.57. The highest BCUT2D eigenvalue weighted by Gasteiger charge is 2.35. The normalized spacial score (nSPS) is 18.3. The van der Waals surface area contributed by atoms with E-state index in [4.69, 9.17) is 0 Å². The number of halogens is 2. The monoisotopic (exact) mass is 322 g/mol. The molecular formula is C15H12F2N2O2S. The number of thiazole rings is 1. The van der Waals surface area contributed by atoms with Crippen molar-refractivity contribution >= 4 is 23.2 Å². The van der Waals surface area contributed by atoms with E-state index in [0.717, 1.165) is 28.4 Å². The van der Waals surface area contributed by atoms with Crippen LogP contribution in [0.25, 0.3) is 11.3 Å². The number of hydrogen-bond donors (Lipinski definition) is 0. The lowest BCUT2D eigenvalue weighted by Crippen LogP contribution is -2.29.